The molecule has 1 aliphatic rings. The van der Waals surface area contributed by atoms with Crippen LogP contribution in [0, 0.1) is 0 Å². The van der Waals surface area contributed by atoms with Gasteiger partial charge in [0, 0.05) is 5.69 Å². The molecular formula is C19H23NO2. The molecule has 1 heterocycles. The van der Waals surface area contributed by atoms with Crippen molar-refractivity contribution in [1.29, 1.82) is 0 Å². The van der Waals surface area contributed by atoms with Gasteiger partial charge in [-0.25, -0.2) is 0 Å². The number of hydrogen-bond acceptors (Lipinski definition) is 3. The molecule has 0 fully saturated rings. The first kappa shape index (κ1) is 14.8. The highest BCUT2D eigenvalue weighted by atomic mass is 16.5. The molecule has 0 saturated carbocycles. The number of anilines is 1. The highest BCUT2D eigenvalue weighted by molar-refractivity contribution is 5.60. The van der Waals surface area contributed by atoms with Gasteiger partial charge >= 0.3 is 0 Å². The fourth-order valence-corrected chi connectivity index (χ4v) is 3.01. The van der Waals surface area contributed by atoms with Gasteiger partial charge in [0.1, 0.15) is 0 Å². The molecule has 1 aliphatic heterocycles. The summed E-state index contributed by atoms with van der Waals surface area (Å²) >= 11 is 0. The van der Waals surface area contributed by atoms with E-state index in [1.807, 2.05) is 6.07 Å². The lowest BCUT2D eigenvalue weighted by Crippen LogP contribution is -2.06. The number of rotatable bonds is 4. The van der Waals surface area contributed by atoms with Crippen LogP contribution in [0.4, 0.5) is 5.69 Å². The Morgan fingerprint density at radius 2 is 1.77 bits per heavy atom. The molecule has 3 heteroatoms. The van der Waals surface area contributed by atoms with Crippen LogP contribution in [0.25, 0.3) is 0 Å². The topological polar surface area (TPSA) is 30.5 Å². The molecule has 0 saturated heterocycles. The van der Waals surface area contributed by atoms with Crippen molar-refractivity contribution in [2.24, 2.45) is 0 Å². The molecule has 1 N–H and O–H groups in total. The second-order valence-corrected chi connectivity index (χ2v) is 6.09. The summed E-state index contributed by atoms with van der Waals surface area (Å²) in [7, 11) is 3.34. The standard InChI is InChI=1S/C19H23NO2/c1-12(2)13-5-7-16-15(9-13)10-17(20-16)14-6-8-18(21-3)19(11-14)22-4/h5-9,11-12,17,20H,10H2,1-4H3. The van der Waals surface area contributed by atoms with E-state index < -0.39 is 0 Å². The predicted molar refractivity (Wildman–Crippen MR) is 90.1 cm³/mol. The fourth-order valence-electron chi connectivity index (χ4n) is 3.01. The van der Waals surface area contributed by atoms with E-state index in [1.54, 1.807) is 14.2 Å². The zero-order chi connectivity index (χ0) is 15.7. The van der Waals surface area contributed by atoms with E-state index in [1.165, 1.54) is 22.4 Å². The summed E-state index contributed by atoms with van der Waals surface area (Å²) in [6, 6.07) is 13.2. The first-order valence-corrected chi connectivity index (χ1v) is 7.73. The van der Waals surface area contributed by atoms with Gasteiger partial charge in [-0.2, -0.15) is 0 Å². The van der Waals surface area contributed by atoms with Crippen molar-refractivity contribution in [3.05, 3.63) is 53.1 Å². The number of hydrogen-bond donors (Lipinski definition) is 1. The van der Waals surface area contributed by atoms with Crippen LogP contribution in [0.15, 0.2) is 36.4 Å². The van der Waals surface area contributed by atoms with Gasteiger partial charge < -0.3 is 14.8 Å². The number of fused-ring (bicyclic) bond motifs is 1. The number of methoxy groups -OCH3 is 2. The van der Waals surface area contributed by atoms with Gasteiger partial charge in [0.25, 0.3) is 0 Å². The summed E-state index contributed by atoms with van der Waals surface area (Å²) < 4.78 is 10.7. The number of nitrogens with one attached hydrogen (secondary N) is 1. The predicted octanol–water partition coefficient (Wildman–Crippen LogP) is 4.54. The Balaban J connectivity index is 1.86. The van der Waals surface area contributed by atoms with Gasteiger partial charge in [-0.15, -0.1) is 0 Å². The molecule has 22 heavy (non-hydrogen) atoms. The average molecular weight is 297 g/mol. The number of benzene rings is 2. The monoisotopic (exact) mass is 297 g/mol. The van der Waals surface area contributed by atoms with Crippen molar-refractivity contribution in [1.82, 2.24) is 0 Å². The zero-order valence-electron chi connectivity index (χ0n) is 13.6. The maximum atomic E-state index is 5.41. The molecular weight excluding hydrogens is 274 g/mol. The van der Waals surface area contributed by atoms with Crippen LogP contribution in [-0.4, -0.2) is 14.2 Å². The van der Waals surface area contributed by atoms with E-state index in [4.69, 9.17) is 9.47 Å². The molecule has 0 amide bonds. The molecule has 0 bridgehead atoms. The second-order valence-electron chi connectivity index (χ2n) is 6.09. The maximum Gasteiger partial charge on any atom is 0.161 e. The molecule has 1 unspecified atom stereocenters. The molecule has 0 radical (unpaired) electrons. The third-order valence-electron chi connectivity index (χ3n) is 4.36. The minimum Gasteiger partial charge on any atom is -0.493 e. The first-order valence-electron chi connectivity index (χ1n) is 7.73. The highest BCUT2D eigenvalue weighted by Crippen LogP contribution is 2.38. The Labute approximate surface area is 132 Å². The van der Waals surface area contributed by atoms with Crippen molar-refractivity contribution in [2.45, 2.75) is 32.2 Å². The minimum absolute atomic E-state index is 0.289. The maximum absolute atomic E-state index is 5.41. The lowest BCUT2D eigenvalue weighted by atomic mass is 9.97. The SMILES string of the molecule is COc1ccc(C2Cc3cc(C(C)C)ccc3N2)cc1OC. The molecule has 3 nitrogen and oxygen atoms in total. The molecule has 2 aromatic rings. The van der Waals surface area contributed by atoms with Crippen LogP contribution in [0.1, 0.15) is 42.5 Å². The van der Waals surface area contributed by atoms with Crippen LogP contribution in [0.2, 0.25) is 0 Å². The van der Waals surface area contributed by atoms with Crippen LogP contribution in [-0.2, 0) is 6.42 Å². The van der Waals surface area contributed by atoms with E-state index >= 15 is 0 Å². The summed E-state index contributed by atoms with van der Waals surface area (Å²) in [6.07, 6.45) is 1.01. The van der Waals surface area contributed by atoms with E-state index in [0.717, 1.165) is 17.9 Å². The first-order chi connectivity index (χ1) is 10.6. The molecule has 2 aromatic carbocycles. The van der Waals surface area contributed by atoms with Crippen LogP contribution in [0.5, 0.6) is 11.5 Å². The van der Waals surface area contributed by atoms with Gasteiger partial charge in [0.2, 0.25) is 0 Å². The second kappa shape index (κ2) is 5.91. The lowest BCUT2D eigenvalue weighted by molar-refractivity contribution is 0.354. The molecule has 0 spiro atoms. The van der Waals surface area contributed by atoms with Crippen LogP contribution >= 0.6 is 0 Å². The zero-order valence-corrected chi connectivity index (χ0v) is 13.6. The van der Waals surface area contributed by atoms with Crippen molar-refractivity contribution < 1.29 is 9.47 Å². The highest BCUT2D eigenvalue weighted by Gasteiger charge is 2.23. The molecule has 116 valence electrons. The lowest BCUT2D eigenvalue weighted by Gasteiger charge is -2.15. The van der Waals surface area contributed by atoms with Gasteiger partial charge in [-0.3, -0.25) is 0 Å². The van der Waals surface area contributed by atoms with Gasteiger partial charge in [0.15, 0.2) is 11.5 Å². The Morgan fingerprint density at radius 3 is 2.45 bits per heavy atom. The van der Waals surface area contributed by atoms with Crippen LogP contribution < -0.4 is 14.8 Å². The fraction of sp³-hybridized carbons (Fsp3) is 0.368. The Morgan fingerprint density at radius 1 is 1.00 bits per heavy atom. The smallest absolute Gasteiger partial charge is 0.161 e. The van der Waals surface area contributed by atoms with Crippen molar-refractivity contribution in [2.75, 3.05) is 19.5 Å². The van der Waals surface area contributed by atoms with Crippen LogP contribution in [0.3, 0.4) is 0 Å². The molecule has 0 aromatic heterocycles. The van der Waals surface area contributed by atoms with E-state index in [2.05, 4.69) is 49.5 Å². The van der Waals surface area contributed by atoms with Gasteiger partial charge in [0.05, 0.1) is 20.3 Å². The average Bonchev–Trinajstić information content (AvgIpc) is 2.97. The largest absolute Gasteiger partial charge is 0.493 e. The molecule has 0 aliphatic carbocycles. The van der Waals surface area contributed by atoms with E-state index in [-0.39, 0.29) is 6.04 Å². The number of ether oxygens (including phenoxy) is 2. The summed E-state index contributed by atoms with van der Waals surface area (Å²) in [5.74, 6) is 2.11. The quantitative estimate of drug-likeness (QED) is 0.899. The van der Waals surface area contributed by atoms with E-state index in [9.17, 15) is 0 Å². The summed E-state index contributed by atoms with van der Waals surface area (Å²) in [6.45, 7) is 4.46. The summed E-state index contributed by atoms with van der Waals surface area (Å²) in [5, 5.41) is 3.61. The normalized spacial score (nSPS) is 16.3. The third kappa shape index (κ3) is 2.63. The van der Waals surface area contributed by atoms with Crippen molar-refractivity contribution >= 4 is 5.69 Å². The van der Waals surface area contributed by atoms with E-state index in [0.29, 0.717) is 5.92 Å². The summed E-state index contributed by atoms with van der Waals surface area (Å²) in [4.78, 5) is 0. The van der Waals surface area contributed by atoms with Gasteiger partial charge in [-0.05, 0) is 47.2 Å². The summed E-state index contributed by atoms with van der Waals surface area (Å²) in [5.41, 5.74) is 5.25. The van der Waals surface area contributed by atoms with Gasteiger partial charge in [-0.1, -0.05) is 32.0 Å². The molecule has 1 atom stereocenters. The van der Waals surface area contributed by atoms with Crippen molar-refractivity contribution in [3.8, 4) is 11.5 Å². The molecule has 3 rings (SSSR count). The minimum atomic E-state index is 0.289. The Kier molecular flexibility index (Phi) is 3.97. The van der Waals surface area contributed by atoms with Crippen molar-refractivity contribution in [3.63, 3.8) is 0 Å². The third-order valence-corrected chi connectivity index (χ3v) is 4.36. The Hall–Kier alpha value is -2.16. The Bertz CT molecular complexity index is 679.